The Morgan fingerprint density at radius 3 is 2.84 bits per heavy atom. The lowest BCUT2D eigenvalue weighted by Crippen LogP contribution is -2.45. The Balaban J connectivity index is 1.53. The van der Waals surface area contributed by atoms with Gasteiger partial charge in [0.2, 0.25) is 12.7 Å². The Labute approximate surface area is 142 Å². The Morgan fingerprint density at radius 2 is 2.08 bits per heavy atom. The smallest absolute Gasteiger partial charge is 0.325 e. The third-order valence-corrected chi connectivity index (χ3v) is 4.20. The Bertz CT molecular complexity index is 864. The molecule has 1 aromatic heterocycles. The van der Waals surface area contributed by atoms with Crippen molar-refractivity contribution >= 4 is 11.9 Å². The molecule has 1 aromatic carbocycles. The molecule has 0 unspecified atom stereocenters. The number of carbonyl (C=O) groups is 2. The molecule has 9 heteroatoms. The van der Waals surface area contributed by atoms with E-state index in [4.69, 9.17) is 14.0 Å². The molecule has 130 valence electrons. The molecule has 9 nitrogen and oxygen atoms in total. The highest BCUT2D eigenvalue weighted by Crippen LogP contribution is 2.34. The van der Waals surface area contributed by atoms with E-state index in [0.29, 0.717) is 23.7 Å². The molecular weight excluding hydrogens is 328 g/mol. The van der Waals surface area contributed by atoms with Crippen LogP contribution in [0.1, 0.15) is 24.2 Å². The fourth-order valence-corrected chi connectivity index (χ4v) is 3.01. The van der Waals surface area contributed by atoms with Gasteiger partial charge in [0, 0.05) is 6.42 Å². The van der Waals surface area contributed by atoms with Gasteiger partial charge in [0.25, 0.3) is 5.91 Å². The summed E-state index contributed by atoms with van der Waals surface area (Å²) in [6, 6.07) is 4.98. The lowest BCUT2D eigenvalue weighted by atomic mass is 9.92. The molecule has 2 aliphatic rings. The van der Waals surface area contributed by atoms with Gasteiger partial charge >= 0.3 is 6.03 Å². The van der Waals surface area contributed by atoms with Crippen LogP contribution >= 0.6 is 0 Å². The molecule has 1 fully saturated rings. The van der Waals surface area contributed by atoms with Crippen molar-refractivity contribution in [3.05, 3.63) is 35.5 Å². The van der Waals surface area contributed by atoms with Crippen LogP contribution in [-0.4, -0.2) is 39.3 Å². The van der Waals surface area contributed by atoms with Crippen LogP contribution in [0.15, 0.2) is 22.7 Å². The summed E-state index contributed by atoms with van der Waals surface area (Å²) >= 11 is 0. The zero-order valence-corrected chi connectivity index (χ0v) is 13.7. The first-order valence-electron chi connectivity index (χ1n) is 7.76. The molecule has 25 heavy (non-hydrogen) atoms. The Hall–Kier alpha value is -3.10. The van der Waals surface area contributed by atoms with Gasteiger partial charge in [0.1, 0.15) is 12.1 Å². The van der Waals surface area contributed by atoms with Crippen molar-refractivity contribution in [1.29, 1.82) is 0 Å². The molecule has 0 spiro atoms. The number of nitrogens with one attached hydrogen (secondary N) is 1. The first kappa shape index (κ1) is 15.4. The monoisotopic (exact) mass is 344 g/mol. The van der Waals surface area contributed by atoms with Crippen LogP contribution in [-0.2, 0) is 17.8 Å². The second-order valence-electron chi connectivity index (χ2n) is 6.25. The molecule has 4 rings (SSSR count). The number of rotatable bonds is 4. The topological polar surface area (TPSA) is 107 Å². The highest BCUT2D eigenvalue weighted by Gasteiger charge is 2.48. The van der Waals surface area contributed by atoms with Gasteiger partial charge < -0.3 is 19.3 Å². The molecule has 0 saturated carbocycles. The van der Waals surface area contributed by atoms with E-state index < -0.39 is 11.6 Å². The predicted molar refractivity (Wildman–Crippen MR) is 82.8 cm³/mol. The van der Waals surface area contributed by atoms with Crippen LogP contribution < -0.4 is 14.8 Å². The number of fused-ring (bicyclic) bond motifs is 1. The Kier molecular flexibility index (Phi) is 3.38. The van der Waals surface area contributed by atoms with E-state index in [1.807, 2.05) is 12.1 Å². The van der Waals surface area contributed by atoms with Crippen LogP contribution in [0.4, 0.5) is 4.79 Å². The maximum absolute atomic E-state index is 12.8. The SMILES string of the molecule is Cc1noc(CN2C(=O)N[C@](C)(Cc3ccc4c(c3)OCO4)C2=O)n1. The number of imide groups is 1. The molecule has 2 aromatic rings. The van der Waals surface area contributed by atoms with E-state index >= 15 is 0 Å². The number of aryl methyl sites for hydroxylation is 1. The minimum Gasteiger partial charge on any atom is -0.454 e. The van der Waals surface area contributed by atoms with Gasteiger partial charge in [-0.1, -0.05) is 11.2 Å². The maximum atomic E-state index is 12.8. The molecule has 1 atom stereocenters. The van der Waals surface area contributed by atoms with Crippen LogP contribution in [0.25, 0.3) is 0 Å². The summed E-state index contributed by atoms with van der Waals surface area (Å²) in [5.41, 5.74) is -0.198. The van der Waals surface area contributed by atoms with Crippen LogP contribution in [0, 0.1) is 6.92 Å². The normalized spacial score (nSPS) is 21.8. The van der Waals surface area contributed by atoms with Gasteiger partial charge in [-0.3, -0.25) is 9.69 Å². The van der Waals surface area contributed by atoms with Gasteiger partial charge in [-0.25, -0.2) is 4.79 Å². The maximum Gasteiger partial charge on any atom is 0.325 e. The van der Waals surface area contributed by atoms with Gasteiger partial charge in [-0.05, 0) is 31.5 Å². The van der Waals surface area contributed by atoms with Crippen molar-refractivity contribution in [1.82, 2.24) is 20.4 Å². The summed E-state index contributed by atoms with van der Waals surface area (Å²) < 4.78 is 15.6. The molecule has 0 bridgehead atoms. The first-order valence-corrected chi connectivity index (χ1v) is 7.76. The van der Waals surface area contributed by atoms with E-state index in [1.165, 1.54) is 0 Å². The molecule has 1 saturated heterocycles. The lowest BCUT2D eigenvalue weighted by Gasteiger charge is -2.21. The number of ether oxygens (including phenoxy) is 2. The summed E-state index contributed by atoms with van der Waals surface area (Å²) in [5.74, 6) is 1.63. The standard InChI is InChI=1S/C16H16N4O5/c1-9-17-13(25-19-9)7-20-14(21)16(2,18-15(20)22)6-10-3-4-11-12(5-10)24-8-23-11/h3-5H,6-8H2,1-2H3,(H,18,22)/t16-/m1/s1. The first-order chi connectivity index (χ1) is 11.9. The second-order valence-corrected chi connectivity index (χ2v) is 6.25. The third kappa shape index (κ3) is 2.67. The molecule has 2 aliphatic heterocycles. The van der Waals surface area contributed by atoms with Crippen LogP contribution in [0.2, 0.25) is 0 Å². The summed E-state index contributed by atoms with van der Waals surface area (Å²) in [6.07, 6.45) is 0.327. The van der Waals surface area contributed by atoms with Gasteiger partial charge in [-0.2, -0.15) is 4.98 Å². The number of benzene rings is 1. The third-order valence-electron chi connectivity index (χ3n) is 4.20. The molecule has 1 N–H and O–H groups in total. The minimum absolute atomic E-state index is 0.0533. The minimum atomic E-state index is -1.06. The summed E-state index contributed by atoms with van der Waals surface area (Å²) in [4.78, 5) is 30.1. The van der Waals surface area contributed by atoms with Crippen molar-refractivity contribution in [2.24, 2.45) is 0 Å². The van der Waals surface area contributed by atoms with Gasteiger partial charge in [0.05, 0.1) is 0 Å². The number of nitrogens with zero attached hydrogens (tertiary/aromatic N) is 3. The van der Waals surface area contributed by atoms with Crippen LogP contribution in [0.5, 0.6) is 11.5 Å². The largest absolute Gasteiger partial charge is 0.454 e. The number of urea groups is 1. The number of hydrogen-bond acceptors (Lipinski definition) is 7. The van der Waals surface area contributed by atoms with Gasteiger partial charge in [0.15, 0.2) is 17.3 Å². The summed E-state index contributed by atoms with van der Waals surface area (Å²) in [7, 11) is 0. The number of carbonyl (C=O) groups excluding carboxylic acids is 2. The lowest BCUT2D eigenvalue weighted by molar-refractivity contribution is -0.131. The van der Waals surface area contributed by atoms with Crippen molar-refractivity contribution < 1.29 is 23.6 Å². The fraction of sp³-hybridized carbons (Fsp3) is 0.375. The number of hydrogen-bond donors (Lipinski definition) is 1. The quantitative estimate of drug-likeness (QED) is 0.829. The molecule has 3 heterocycles. The highest BCUT2D eigenvalue weighted by molar-refractivity contribution is 6.06. The summed E-state index contributed by atoms with van der Waals surface area (Å²) in [5, 5.41) is 6.41. The molecule has 0 aliphatic carbocycles. The van der Waals surface area contributed by atoms with E-state index in [1.54, 1.807) is 19.9 Å². The van der Waals surface area contributed by atoms with E-state index in [0.717, 1.165) is 10.5 Å². The molecule has 0 radical (unpaired) electrons. The average Bonchev–Trinajstić information content (AvgIpc) is 3.23. The van der Waals surface area contributed by atoms with E-state index in [9.17, 15) is 9.59 Å². The second kappa shape index (κ2) is 5.47. The molecule has 3 amide bonds. The van der Waals surface area contributed by atoms with Crippen molar-refractivity contribution in [3.63, 3.8) is 0 Å². The number of amides is 3. The van der Waals surface area contributed by atoms with Crippen molar-refractivity contribution in [2.45, 2.75) is 32.4 Å². The predicted octanol–water partition coefficient (Wildman–Crippen LogP) is 1.16. The zero-order valence-electron chi connectivity index (χ0n) is 13.7. The van der Waals surface area contributed by atoms with E-state index in [2.05, 4.69) is 15.5 Å². The average molecular weight is 344 g/mol. The number of aromatic nitrogens is 2. The van der Waals surface area contributed by atoms with Gasteiger partial charge in [-0.15, -0.1) is 0 Å². The van der Waals surface area contributed by atoms with Crippen molar-refractivity contribution in [2.75, 3.05) is 6.79 Å². The fourth-order valence-electron chi connectivity index (χ4n) is 3.01. The van der Waals surface area contributed by atoms with Crippen molar-refractivity contribution in [3.8, 4) is 11.5 Å². The molecular formula is C16H16N4O5. The van der Waals surface area contributed by atoms with Crippen LogP contribution in [0.3, 0.4) is 0 Å². The highest BCUT2D eigenvalue weighted by atomic mass is 16.7. The Morgan fingerprint density at radius 1 is 1.28 bits per heavy atom. The zero-order chi connectivity index (χ0) is 17.6. The summed E-state index contributed by atoms with van der Waals surface area (Å²) in [6.45, 7) is 3.49. The van der Waals surface area contributed by atoms with E-state index in [-0.39, 0.29) is 25.1 Å².